The van der Waals surface area contributed by atoms with Gasteiger partial charge >= 0.3 is 5.97 Å². The molecule has 0 saturated heterocycles. The van der Waals surface area contributed by atoms with Gasteiger partial charge in [0.25, 0.3) is 5.92 Å². The number of methoxy groups -OCH3 is 1. The molecule has 3 nitrogen and oxygen atoms in total. The van der Waals surface area contributed by atoms with E-state index in [-0.39, 0.29) is 17.7 Å². The van der Waals surface area contributed by atoms with Gasteiger partial charge < -0.3 is 9.84 Å². The number of carbonyl (C=O) groups is 1. The summed E-state index contributed by atoms with van der Waals surface area (Å²) >= 11 is 0. The van der Waals surface area contributed by atoms with Crippen molar-refractivity contribution in [2.75, 3.05) is 7.11 Å². The molecule has 0 aliphatic carbocycles. The van der Waals surface area contributed by atoms with Gasteiger partial charge in [-0.3, -0.25) is 4.79 Å². The predicted molar refractivity (Wildman–Crippen MR) is 67.8 cm³/mol. The number of aliphatic carboxylic acids is 1. The summed E-state index contributed by atoms with van der Waals surface area (Å²) < 4.78 is 32.2. The van der Waals surface area contributed by atoms with Gasteiger partial charge in [-0.15, -0.1) is 0 Å². The first-order valence-electron chi connectivity index (χ1n) is 5.87. The second-order valence-electron chi connectivity index (χ2n) is 5.23. The number of carboxylic acids is 1. The van der Waals surface area contributed by atoms with Crippen LogP contribution < -0.4 is 4.74 Å². The number of para-hydroxylation sites is 1. The van der Waals surface area contributed by atoms with Crippen LogP contribution in [0.2, 0.25) is 0 Å². The molecule has 1 N–H and O–H groups in total. The summed E-state index contributed by atoms with van der Waals surface area (Å²) in [6.45, 7) is 4.17. The summed E-state index contributed by atoms with van der Waals surface area (Å²) in [5, 5.41) is 8.91. The maximum Gasteiger partial charge on any atom is 0.304 e. The largest absolute Gasteiger partial charge is 0.496 e. The summed E-state index contributed by atoms with van der Waals surface area (Å²) in [5.74, 6) is -3.97. The number of ether oxygens (including phenoxy) is 1. The molecule has 0 spiro atoms. The fourth-order valence-corrected chi connectivity index (χ4v) is 2.11. The van der Waals surface area contributed by atoms with Gasteiger partial charge in [0.2, 0.25) is 0 Å². The zero-order valence-electron chi connectivity index (χ0n) is 11.5. The lowest BCUT2D eigenvalue weighted by Crippen LogP contribution is -2.24. The Morgan fingerprint density at radius 1 is 1.26 bits per heavy atom. The monoisotopic (exact) mass is 272 g/mol. The van der Waals surface area contributed by atoms with Crippen LogP contribution in [-0.4, -0.2) is 18.2 Å². The van der Waals surface area contributed by atoms with Crippen LogP contribution in [0.4, 0.5) is 8.78 Å². The van der Waals surface area contributed by atoms with Crippen molar-refractivity contribution >= 4 is 5.97 Å². The molecule has 0 aliphatic heterocycles. The van der Waals surface area contributed by atoms with E-state index in [2.05, 4.69) is 0 Å². The third-order valence-electron chi connectivity index (χ3n) is 3.01. The Kier molecular flexibility index (Phi) is 4.18. The van der Waals surface area contributed by atoms with Gasteiger partial charge in [-0.25, -0.2) is 8.78 Å². The van der Waals surface area contributed by atoms with Crippen molar-refractivity contribution in [2.45, 2.75) is 38.5 Å². The van der Waals surface area contributed by atoms with E-state index in [1.165, 1.54) is 19.2 Å². The minimum atomic E-state index is -3.04. The van der Waals surface area contributed by atoms with Gasteiger partial charge in [-0.2, -0.15) is 0 Å². The molecule has 0 bridgehead atoms. The van der Waals surface area contributed by atoms with Crippen LogP contribution in [0.1, 0.15) is 38.3 Å². The first-order chi connectivity index (χ1) is 8.59. The molecule has 1 rings (SSSR count). The molecule has 0 amide bonds. The van der Waals surface area contributed by atoms with Crippen LogP contribution in [0.5, 0.6) is 5.75 Å². The van der Waals surface area contributed by atoms with Crippen molar-refractivity contribution in [1.82, 2.24) is 0 Å². The van der Waals surface area contributed by atoms with E-state index in [1.54, 1.807) is 19.9 Å². The topological polar surface area (TPSA) is 46.5 Å². The molecular formula is C14H18F2O3. The van der Waals surface area contributed by atoms with Crippen LogP contribution in [0.15, 0.2) is 18.2 Å². The highest BCUT2D eigenvalue weighted by atomic mass is 19.3. The highest BCUT2D eigenvalue weighted by Gasteiger charge is 2.34. The summed E-state index contributed by atoms with van der Waals surface area (Å²) in [6.07, 6.45) is -0.165. The van der Waals surface area contributed by atoms with Gasteiger partial charge in [0.1, 0.15) is 5.75 Å². The predicted octanol–water partition coefficient (Wildman–Crippen LogP) is 3.56. The molecule has 0 fully saturated rings. The van der Waals surface area contributed by atoms with Gasteiger partial charge in [0, 0.05) is 17.9 Å². The fraction of sp³-hybridized carbons (Fsp3) is 0.500. The van der Waals surface area contributed by atoms with Crippen molar-refractivity contribution in [3.63, 3.8) is 0 Å². The molecule has 0 saturated carbocycles. The van der Waals surface area contributed by atoms with Crippen molar-refractivity contribution in [3.8, 4) is 5.75 Å². The number of benzene rings is 1. The lowest BCUT2D eigenvalue weighted by Gasteiger charge is -2.27. The second kappa shape index (κ2) is 5.15. The number of hydrogen-bond donors (Lipinski definition) is 1. The third kappa shape index (κ3) is 3.43. The van der Waals surface area contributed by atoms with E-state index in [4.69, 9.17) is 9.84 Å². The number of carboxylic acid groups (broad SMARTS) is 1. The quantitative estimate of drug-likeness (QED) is 0.891. The minimum absolute atomic E-state index is 0.0567. The Morgan fingerprint density at radius 2 is 1.79 bits per heavy atom. The summed E-state index contributed by atoms with van der Waals surface area (Å²) in [6, 6.07) is 4.41. The molecule has 1 aromatic rings. The summed E-state index contributed by atoms with van der Waals surface area (Å²) in [7, 11) is 1.31. The van der Waals surface area contributed by atoms with E-state index in [9.17, 15) is 13.6 Å². The Morgan fingerprint density at radius 3 is 2.21 bits per heavy atom. The van der Waals surface area contributed by atoms with Crippen LogP contribution in [-0.2, 0) is 16.1 Å². The highest BCUT2D eigenvalue weighted by Crippen LogP contribution is 2.42. The van der Waals surface area contributed by atoms with Crippen molar-refractivity contribution < 1.29 is 23.4 Å². The Labute approximate surface area is 111 Å². The molecule has 0 aromatic heterocycles. The molecule has 0 radical (unpaired) electrons. The normalized spacial score (nSPS) is 12.3. The number of halogens is 2. The molecule has 0 heterocycles. The lowest BCUT2D eigenvalue weighted by molar-refractivity contribution is -0.138. The minimum Gasteiger partial charge on any atom is -0.496 e. The van der Waals surface area contributed by atoms with E-state index >= 15 is 0 Å². The molecule has 0 aliphatic rings. The van der Waals surface area contributed by atoms with E-state index in [0.717, 1.165) is 6.92 Å². The second-order valence-corrected chi connectivity index (χ2v) is 5.23. The summed E-state index contributed by atoms with van der Waals surface area (Å²) in [4.78, 5) is 10.9. The molecule has 5 heteroatoms. The molecule has 1 aromatic carbocycles. The number of rotatable bonds is 5. The molecule has 0 unspecified atom stereocenters. The van der Waals surface area contributed by atoms with Crippen LogP contribution in [0, 0.1) is 0 Å². The molecular weight excluding hydrogens is 254 g/mol. The Hall–Kier alpha value is -1.65. The fourth-order valence-electron chi connectivity index (χ4n) is 2.11. The standard InChI is InChI=1S/C14H18F2O3/c1-13(2,8-11(17)18)9-6-5-7-10(12(9)19-4)14(3,15)16/h5-7H,8H2,1-4H3,(H,17,18). The number of alkyl halides is 2. The van der Waals surface area contributed by atoms with Crippen molar-refractivity contribution in [3.05, 3.63) is 29.3 Å². The van der Waals surface area contributed by atoms with E-state index in [0.29, 0.717) is 5.56 Å². The van der Waals surface area contributed by atoms with Crippen molar-refractivity contribution in [2.24, 2.45) is 0 Å². The van der Waals surface area contributed by atoms with Crippen LogP contribution >= 0.6 is 0 Å². The van der Waals surface area contributed by atoms with E-state index in [1.807, 2.05) is 0 Å². The average molecular weight is 272 g/mol. The molecule has 19 heavy (non-hydrogen) atoms. The van der Waals surface area contributed by atoms with Gasteiger partial charge in [-0.1, -0.05) is 26.0 Å². The van der Waals surface area contributed by atoms with Crippen LogP contribution in [0.25, 0.3) is 0 Å². The zero-order valence-corrected chi connectivity index (χ0v) is 11.5. The first kappa shape index (κ1) is 15.4. The lowest BCUT2D eigenvalue weighted by atomic mass is 9.80. The summed E-state index contributed by atoms with van der Waals surface area (Å²) in [5.41, 5.74) is -0.555. The zero-order chi connectivity index (χ0) is 14.8. The average Bonchev–Trinajstić information content (AvgIpc) is 2.25. The Balaban J connectivity index is 3.41. The molecule has 0 atom stereocenters. The Bertz CT molecular complexity index is 476. The van der Waals surface area contributed by atoms with Crippen molar-refractivity contribution in [1.29, 1.82) is 0 Å². The van der Waals surface area contributed by atoms with Crippen LogP contribution in [0.3, 0.4) is 0 Å². The SMILES string of the molecule is COc1c(C(C)(F)F)cccc1C(C)(C)CC(=O)O. The van der Waals surface area contributed by atoms with Gasteiger partial charge in [-0.05, 0) is 6.07 Å². The molecule has 106 valence electrons. The van der Waals surface area contributed by atoms with Gasteiger partial charge in [0.05, 0.1) is 19.1 Å². The maximum absolute atomic E-state index is 13.5. The first-order valence-corrected chi connectivity index (χ1v) is 5.87. The maximum atomic E-state index is 13.5. The number of hydrogen-bond acceptors (Lipinski definition) is 2. The third-order valence-corrected chi connectivity index (χ3v) is 3.01. The van der Waals surface area contributed by atoms with E-state index < -0.39 is 17.3 Å². The smallest absolute Gasteiger partial charge is 0.304 e. The highest BCUT2D eigenvalue weighted by molar-refractivity contribution is 5.69. The van der Waals surface area contributed by atoms with Gasteiger partial charge in [0.15, 0.2) is 0 Å².